The lowest BCUT2D eigenvalue weighted by Gasteiger charge is -2.19. The molecule has 4 nitrogen and oxygen atoms in total. The third-order valence-corrected chi connectivity index (χ3v) is 4.82. The van der Waals surface area contributed by atoms with Crippen LogP contribution in [0, 0.1) is 0 Å². The van der Waals surface area contributed by atoms with Gasteiger partial charge in [0.25, 0.3) is 0 Å². The van der Waals surface area contributed by atoms with Gasteiger partial charge in [0.15, 0.2) is 0 Å². The summed E-state index contributed by atoms with van der Waals surface area (Å²) < 4.78 is 0. The number of para-hydroxylation sites is 2. The SMILES string of the molecule is CN(C)c1ccc(Nc2c3ccccc3nc3c(N(C)C)cccc23)cc1. The minimum atomic E-state index is 0.992. The standard InChI is InChI=1S/C23H24N4/c1-26(2)17-14-12-16(13-15-17)24-22-18-8-5-6-10-20(18)25-23-19(22)9-7-11-21(23)27(3)4/h5-15H,1-4H3,(H,24,25). The minimum absolute atomic E-state index is 0.992. The summed E-state index contributed by atoms with van der Waals surface area (Å²) >= 11 is 0. The van der Waals surface area contributed by atoms with Crippen LogP contribution in [0.2, 0.25) is 0 Å². The maximum atomic E-state index is 4.95. The summed E-state index contributed by atoms with van der Waals surface area (Å²) in [4.78, 5) is 9.16. The van der Waals surface area contributed by atoms with Crippen molar-refractivity contribution in [3.05, 3.63) is 66.7 Å². The summed E-state index contributed by atoms with van der Waals surface area (Å²) in [5.74, 6) is 0. The molecule has 0 saturated carbocycles. The van der Waals surface area contributed by atoms with E-state index >= 15 is 0 Å². The van der Waals surface area contributed by atoms with E-state index in [4.69, 9.17) is 4.98 Å². The van der Waals surface area contributed by atoms with Gasteiger partial charge in [-0.1, -0.05) is 30.3 Å². The number of nitrogens with zero attached hydrogens (tertiary/aromatic N) is 3. The van der Waals surface area contributed by atoms with E-state index in [9.17, 15) is 0 Å². The van der Waals surface area contributed by atoms with Crippen molar-refractivity contribution in [2.45, 2.75) is 0 Å². The van der Waals surface area contributed by atoms with Crippen LogP contribution in [0.15, 0.2) is 66.7 Å². The van der Waals surface area contributed by atoms with Crippen LogP contribution < -0.4 is 15.1 Å². The number of hydrogen-bond acceptors (Lipinski definition) is 4. The molecule has 0 aliphatic rings. The molecule has 0 radical (unpaired) electrons. The van der Waals surface area contributed by atoms with E-state index in [-0.39, 0.29) is 0 Å². The summed E-state index contributed by atoms with van der Waals surface area (Å²) in [6, 6.07) is 23.1. The highest BCUT2D eigenvalue weighted by molar-refractivity contribution is 6.11. The lowest BCUT2D eigenvalue weighted by atomic mass is 10.1. The number of hydrogen-bond donors (Lipinski definition) is 1. The van der Waals surface area contributed by atoms with E-state index in [1.807, 2.05) is 6.07 Å². The topological polar surface area (TPSA) is 31.4 Å². The summed E-state index contributed by atoms with van der Waals surface area (Å²) in [5.41, 5.74) is 6.45. The molecule has 0 saturated heterocycles. The molecule has 4 rings (SSSR count). The molecule has 136 valence electrons. The van der Waals surface area contributed by atoms with Gasteiger partial charge < -0.3 is 15.1 Å². The number of aromatic nitrogens is 1. The predicted molar refractivity (Wildman–Crippen MR) is 118 cm³/mol. The van der Waals surface area contributed by atoms with Crippen LogP contribution in [0.3, 0.4) is 0 Å². The number of nitrogens with one attached hydrogen (secondary N) is 1. The van der Waals surface area contributed by atoms with Gasteiger partial charge in [0.1, 0.15) is 0 Å². The fraction of sp³-hybridized carbons (Fsp3) is 0.174. The van der Waals surface area contributed by atoms with Gasteiger partial charge in [0.05, 0.1) is 22.4 Å². The molecule has 1 aromatic heterocycles. The summed E-state index contributed by atoms with van der Waals surface area (Å²) in [5, 5.41) is 5.89. The van der Waals surface area contributed by atoms with Crippen molar-refractivity contribution in [2.24, 2.45) is 0 Å². The zero-order chi connectivity index (χ0) is 19.0. The van der Waals surface area contributed by atoms with E-state index in [2.05, 4.69) is 104 Å². The third-order valence-electron chi connectivity index (χ3n) is 4.82. The van der Waals surface area contributed by atoms with Crippen LogP contribution in [0.4, 0.5) is 22.7 Å². The average molecular weight is 356 g/mol. The minimum Gasteiger partial charge on any atom is -0.378 e. The van der Waals surface area contributed by atoms with Crippen LogP contribution in [0.1, 0.15) is 0 Å². The van der Waals surface area contributed by atoms with Gasteiger partial charge in [-0.2, -0.15) is 0 Å². The van der Waals surface area contributed by atoms with Gasteiger partial charge in [0, 0.05) is 50.3 Å². The molecule has 1 heterocycles. The number of benzene rings is 3. The lowest BCUT2D eigenvalue weighted by Crippen LogP contribution is -2.10. The summed E-state index contributed by atoms with van der Waals surface area (Å²) in [6.07, 6.45) is 0. The molecule has 0 aliphatic carbocycles. The van der Waals surface area contributed by atoms with E-state index in [0.29, 0.717) is 0 Å². The quantitative estimate of drug-likeness (QED) is 0.505. The molecule has 0 unspecified atom stereocenters. The molecule has 0 spiro atoms. The summed E-state index contributed by atoms with van der Waals surface area (Å²) in [7, 11) is 8.21. The van der Waals surface area contributed by atoms with Gasteiger partial charge in [-0.15, -0.1) is 0 Å². The fourth-order valence-electron chi connectivity index (χ4n) is 3.38. The van der Waals surface area contributed by atoms with E-state index in [1.54, 1.807) is 0 Å². The number of fused-ring (bicyclic) bond motifs is 2. The number of rotatable bonds is 4. The average Bonchev–Trinajstić information content (AvgIpc) is 2.67. The van der Waals surface area contributed by atoms with Crippen molar-refractivity contribution in [1.29, 1.82) is 0 Å². The van der Waals surface area contributed by atoms with E-state index in [1.165, 1.54) is 5.69 Å². The summed E-state index contributed by atoms with van der Waals surface area (Å²) in [6.45, 7) is 0. The molecule has 3 aromatic carbocycles. The van der Waals surface area contributed by atoms with Gasteiger partial charge in [0.2, 0.25) is 0 Å². The highest BCUT2D eigenvalue weighted by Crippen LogP contribution is 2.36. The first-order valence-corrected chi connectivity index (χ1v) is 9.08. The second-order valence-electron chi connectivity index (χ2n) is 7.14. The molecule has 0 fully saturated rings. The second-order valence-corrected chi connectivity index (χ2v) is 7.14. The van der Waals surface area contributed by atoms with Crippen molar-refractivity contribution < 1.29 is 0 Å². The second kappa shape index (κ2) is 6.80. The normalized spacial score (nSPS) is 11.0. The van der Waals surface area contributed by atoms with Crippen LogP contribution in [0.5, 0.6) is 0 Å². The Balaban J connectivity index is 1.92. The monoisotopic (exact) mass is 356 g/mol. The van der Waals surface area contributed by atoms with Crippen LogP contribution in [0.25, 0.3) is 21.8 Å². The van der Waals surface area contributed by atoms with Crippen molar-refractivity contribution >= 4 is 44.6 Å². The van der Waals surface area contributed by atoms with Crippen molar-refractivity contribution in [2.75, 3.05) is 43.3 Å². The lowest BCUT2D eigenvalue weighted by molar-refractivity contribution is 1.13. The Bertz CT molecular complexity index is 1100. The molecular weight excluding hydrogens is 332 g/mol. The molecule has 1 N–H and O–H groups in total. The van der Waals surface area contributed by atoms with Crippen LogP contribution in [-0.4, -0.2) is 33.2 Å². The van der Waals surface area contributed by atoms with Crippen molar-refractivity contribution in [3.8, 4) is 0 Å². The fourth-order valence-corrected chi connectivity index (χ4v) is 3.38. The van der Waals surface area contributed by atoms with Crippen molar-refractivity contribution in [1.82, 2.24) is 4.98 Å². The Morgan fingerprint density at radius 3 is 2.11 bits per heavy atom. The van der Waals surface area contributed by atoms with Crippen LogP contribution in [-0.2, 0) is 0 Å². The molecule has 0 atom stereocenters. The molecule has 0 bridgehead atoms. The van der Waals surface area contributed by atoms with Crippen LogP contribution >= 0.6 is 0 Å². The molecule has 0 amide bonds. The van der Waals surface area contributed by atoms with E-state index < -0.39 is 0 Å². The Morgan fingerprint density at radius 1 is 0.704 bits per heavy atom. The highest BCUT2D eigenvalue weighted by atomic mass is 15.1. The molecule has 4 heteroatoms. The van der Waals surface area contributed by atoms with Gasteiger partial charge in [-0.05, 0) is 36.4 Å². The molecular formula is C23H24N4. The first-order valence-electron chi connectivity index (χ1n) is 9.08. The largest absolute Gasteiger partial charge is 0.378 e. The third kappa shape index (κ3) is 3.14. The maximum Gasteiger partial charge on any atom is 0.0963 e. The molecule has 4 aromatic rings. The number of pyridine rings is 1. The maximum absolute atomic E-state index is 4.95. The smallest absolute Gasteiger partial charge is 0.0963 e. The Labute approximate surface area is 160 Å². The Hall–Kier alpha value is -3.27. The van der Waals surface area contributed by atoms with Crippen molar-refractivity contribution in [3.63, 3.8) is 0 Å². The Kier molecular flexibility index (Phi) is 4.32. The first kappa shape index (κ1) is 17.2. The zero-order valence-corrected chi connectivity index (χ0v) is 16.2. The highest BCUT2D eigenvalue weighted by Gasteiger charge is 2.13. The van der Waals surface area contributed by atoms with E-state index in [0.717, 1.165) is 38.9 Å². The van der Waals surface area contributed by atoms with Gasteiger partial charge in [-0.25, -0.2) is 4.98 Å². The zero-order valence-electron chi connectivity index (χ0n) is 16.2. The van der Waals surface area contributed by atoms with Gasteiger partial charge >= 0.3 is 0 Å². The Morgan fingerprint density at radius 2 is 1.41 bits per heavy atom. The predicted octanol–water partition coefficient (Wildman–Crippen LogP) is 5.26. The molecule has 27 heavy (non-hydrogen) atoms. The van der Waals surface area contributed by atoms with Gasteiger partial charge in [-0.3, -0.25) is 0 Å². The first-order chi connectivity index (χ1) is 13.0. The number of anilines is 4. The molecule has 0 aliphatic heterocycles.